The molecule has 0 aliphatic carbocycles. The third-order valence-corrected chi connectivity index (χ3v) is 4.51. The van der Waals surface area contributed by atoms with Gasteiger partial charge in [-0.1, -0.05) is 6.92 Å². The predicted octanol–water partition coefficient (Wildman–Crippen LogP) is 2.50. The zero-order valence-electron chi connectivity index (χ0n) is 14.1. The van der Waals surface area contributed by atoms with Crippen LogP contribution in [0.25, 0.3) is 5.69 Å². The number of hydrogen-bond donors (Lipinski definition) is 1. The Bertz CT molecular complexity index is 818. The van der Waals surface area contributed by atoms with Crippen LogP contribution in [0.1, 0.15) is 29.4 Å². The van der Waals surface area contributed by atoms with Gasteiger partial charge in [0.25, 0.3) is 5.91 Å². The molecule has 132 valence electrons. The molecule has 1 aromatic carbocycles. The number of piperidine rings is 1. The van der Waals surface area contributed by atoms with Crippen LogP contribution < -0.4 is 0 Å². The van der Waals surface area contributed by atoms with Crippen LogP contribution in [-0.2, 0) is 4.79 Å². The second kappa shape index (κ2) is 6.66. The second-order valence-electron chi connectivity index (χ2n) is 6.66. The van der Waals surface area contributed by atoms with Crippen molar-refractivity contribution >= 4 is 11.9 Å². The van der Waals surface area contributed by atoms with Crippen molar-refractivity contribution in [3.05, 3.63) is 47.5 Å². The Morgan fingerprint density at radius 2 is 2.04 bits per heavy atom. The van der Waals surface area contributed by atoms with Crippen LogP contribution >= 0.6 is 0 Å². The van der Waals surface area contributed by atoms with Crippen molar-refractivity contribution in [1.29, 1.82) is 0 Å². The molecule has 2 aromatic rings. The van der Waals surface area contributed by atoms with Crippen molar-refractivity contribution in [3.8, 4) is 5.69 Å². The van der Waals surface area contributed by atoms with Gasteiger partial charge in [-0.15, -0.1) is 0 Å². The number of nitrogens with zero attached hydrogens (tertiary/aromatic N) is 3. The third kappa shape index (κ3) is 3.55. The quantitative estimate of drug-likeness (QED) is 0.927. The molecule has 0 saturated carbocycles. The lowest BCUT2D eigenvalue weighted by molar-refractivity contribution is -0.143. The van der Waals surface area contributed by atoms with E-state index in [1.165, 1.54) is 16.8 Å². The van der Waals surface area contributed by atoms with E-state index in [2.05, 4.69) is 5.10 Å². The van der Waals surface area contributed by atoms with Gasteiger partial charge in [-0.05, 0) is 49.1 Å². The van der Waals surface area contributed by atoms with E-state index in [9.17, 15) is 19.1 Å². The topological polar surface area (TPSA) is 75.4 Å². The van der Waals surface area contributed by atoms with Crippen LogP contribution in [0.5, 0.6) is 0 Å². The molecule has 0 spiro atoms. The summed E-state index contributed by atoms with van der Waals surface area (Å²) in [5.41, 5.74) is 1.65. The number of carbonyl (C=O) groups excluding carboxylic acids is 1. The average Bonchev–Trinajstić information content (AvgIpc) is 3.03. The number of hydrogen-bond acceptors (Lipinski definition) is 3. The van der Waals surface area contributed by atoms with Crippen molar-refractivity contribution in [2.45, 2.75) is 20.3 Å². The molecule has 2 heterocycles. The standard InChI is InChI=1S/C18H20FN3O3/c1-11-7-13(18(24)25)10-21(9-11)17(23)15-5-6-22(20-15)16-4-3-14(19)8-12(16)2/h3-6,8,11,13H,7,9-10H2,1-2H3,(H,24,25). The van der Waals surface area contributed by atoms with Crippen molar-refractivity contribution in [2.75, 3.05) is 13.1 Å². The van der Waals surface area contributed by atoms with Crippen LogP contribution in [0.15, 0.2) is 30.5 Å². The Balaban J connectivity index is 1.82. The van der Waals surface area contributed by atoms with Gasteiger partial charge < -0.3 is 10.0 Å². The maximum absolute atomic E-state index is 13.2. The first kappa shape index (κ1) is 17.1. The molecule has 1 aromatic heterocycles. The van der Waals surface area contributed by atoms with E-state index in [-0.39, 0.29) is 29.9 Å². The lowest BCUT2D eigenvalue weighted by Crippen LogP contribution is -2.45. The SMILES string of the molecule is Cc1cc(F)ccc1-n1ccc(C(=O)N2CC(C)CC(C(=O)O)C2)n1. The Hall–Kier alpha value is -2.70. The van der Waals surface area contributed by atoms with Crippen molar-refractivity contribution in [1.82, 2.24) is 14.7 Å². The van der Waals surface area contributed by atoms with Crippen LogP contribution in [0, 0.1) is 24.6 Å². The zero-order valence-corrected chi connectivity index (χ0v) is 14.1. The van der Waals surface area contributed by atoms with E-state index in [4.69, 9.17) is 0 Å². The molecule has 1 saturated heterocycles. The number of aromatic nitrogens is 2. The summed E-state index contributed by atoms with van der Waals surface area (Å²) in [7, 11) is 0. The number of amides is 1. The molecule has 1 aliphatic heterocycles. The van der Waals surface area contributed by atoms with E-state index < -0.39 is 11.9 Å². The Morgan fingerprint density at radius 3 is 2.72 bits per heavy atom. The monoisotopic (exact) mass is 345 g/mol. The number of aryl methyl sites for hydroxylation is 1. The minimum absolute atomic E-state index is 0.125. The summed E-state index contributed by atoms with van der Waals surface area (Å²) in [5.74, 6) is -1.91. The molecule has 0 bridgehead atoms. The Kier molecular flexibility index (Phi) is 4.57. The van der Waals surface area contributed by atoms with Gasteiger partial charge >= 0.3 is 5.97 Å². The third-order valence-electron chi connectivity index (χ3n) is 4.51. The second-order valence-corrected chi connectivity index (χ2v) is 6.66. The molecule has 3 rings (SSSR count). The molecular weight excluding hydrogens is 325 g/mol. The van der Waals surface area contributed by atoms with Gasteiger partial charge in [-0.25, -0.2) is 9.07 Å². The molecule has 1 aliphatic rings. The number of halogens is 1. The highest BCUT2D eigenvalue weighted by Gasteiger charge is 2.33. The van der Waals surface area contributed by atoms with Crippen molar-refractivity contribution in [2.24, 2.45) is 11.8 Å². The maximum atomic E-state index is 13.2. The summed E-state index contributed by atoms with van der Waals surface area (Å²) >= 11 is 0. The molecule has 1 fully saturated rings. The van der Waals surface area contributed by atoms with Gasteiger partial charge in [-0.3, -0.25) is 9.59 Å². The number of likely N-dealkylation sites (tertiary alicyclic amines) is 1. The van der Waals surface area contributed by atoms with Crippen LogP contribution in [0.4, 0.5) is 4.39 Å². The lowest BCUT2D eigenvalue weighted by atomic mass is 9.90. The predicted molar refractivity (Wildman–Crippen MR) is 89.1 cm³/mol. The van der Waals surface area contributed by atoms with Gasteiger partial charge in [-0.2, -0.15) is 5.10 Å². The molecule has 0 radical (unpaired) electrons. The van der Waals surface area contributed by atoms with E-state index in [1.807, 2.05) is 6.92 Å². The Labute approximate surface area is 144 Å². The summed E-state index contributed by atoms with van der Waals surface area (Å²) in [4.78, 5) is 25.5. The smallest absolute Gasteiger partial charge is 0.308 e. The van der Waals surface area contributed by atoms with E-state index >= 15 is 0 Å². The number of carboxylic acid groups (broad SMARTS) is 1. The zero-order chi connectivity index (χ0) is 18.1. The molecule has 1 amide bonds. The van der Waals surface area contributed by atoms with E-state index in [0.717, 1.165) is 0 Å². The molecule has 2 unspecified atom stereocenters. The summed E-state index contributed by atoms with van der Waals surface area (Å²) in [5, 5.41) is 13.5. The van der Waals surface area contributed by atoms with Crippen LogP contribution in [0.3, 0.4) is 0 Å². The van der Waals surface area contributed by atoms with Gasteiger partial charge in [0.15, 0.2) is 5.69 Å². The van der Waals surface area contributed by atoms with Gasteiger partial charge in [0.1, 0.15) is 5.82 Å². The van der Waals surface area contributed by atoms with Gasteiger partial charge in [0.05, 0.1) is 11.6 Å². The summed E-state index contributed by atoms with van der Waals surface area (Å²) in [6.45, 7) is 4.42. The summed E-state index contributed by atoms with van der Waals surface area (Å²) in [6, 6.07) is 5.95. The fourth-order valence-corrected chi connectivity index (χ4v) is 3.31. The minimum atomic E-state index is -0.878. The molecular formula is C18H20FN3O3. The van der Waals surface area contributed by atoms with E-state index in [0.29, 0.717) is 24.2 Å². The normalized spacial score (nSPS) is 20.5. The maximum Gasteiger partial charge on any atom is 0.308 e. The van der Waals surface area contributed by atoms with Crippen molar-refractivity contribution < 1.29 is 19.1 Å². The number of aliphatic carboxylic acids is 1. The van der Waals surface area contributed by atoms with E-state index in [1.54, 1.807) is 30.2 Å². The van der Waals surface area contributed by atoms with Gasteiger partial charge in [0.2, 0.25) is 0 Å². The lowest BCUT2D eigenvalue weighted by Gasteiger charge is -2.34. The molecule has 25 heavy (non-hydrogen) atoms. The fraction of sp³-hybridized carbons (Fsp3) is 0.389. The number of carboxylic acids is 1. The number of carbonyl (C=O) groups is 2. The molecule has 2 atom stereocenters. The molecule has 7 heteroatoms. The average molecular weight is 345 g/mol. The highest BCUT2D eigenvalue weighted by Crippen LogP contribution is 2.23. The first-order valence-electron chi connectivity index (χ1n) is 8.19. The highest BCUT2D eigenvalue weighted by molar-refractivity contribution is 5.92. The first-order chi connectivity index (χ1) is 11.8. The Morgan fingerprint density at radius 1 is 1.28 bits per heavy atom. The van der Waals surface area contributed by atoms with Crippen molar-refractivity contribution in [3.63, 3.8) is 0 Å². The largest absolute Gasteiger partial charge is 0.481 e. The summed E-state index contributed by atoms with van der Waals surface area (Å²) in [6.07, 6.45) is 2.22. The molecule has 6 nitrogen and oxygen atoms in total. The minimum Gasteiger partial charge on any atom is -0.481 e. The van der Waals surface area contributed by atoms with Gasteiger partial charge in [0, 0.05) is 19.3 Å². The molecule has 1 N–H and O–H groups in total. The highest BCUT2D eigenvalue weighted by atomic mass is 19.1. The first-order valence-corrected chi connectivity index (χ1v) is 8.19. The number of benzene rings is 1. The van der Waals surface area contributed by atoms with Crippen LogP contribution in [-0.4, -0.2) is 44.8 Å². The fourth-order valence-electron chi connectivity index (χ4n) is 3.31. The van der Waals surface area contributed by atoms with Crippen LogP contribution in [0.2, 0.25) is 0 Å². The summed E-state index contributed by atoms with van der Waals surface area (Å²) < 4.78 is 14.8. The number of rotatable bonds is 3.